The summed E-state index contributed by atoms with van der Waals surface area (Å²) in [5.74, 6) is -0.461. The number of halogens is 1. The smallest absolute Gasteiger partial charge is 0.272 e. The molecule has 0 fully saturated rings. The Hall–Kier alpha value is -2.92. The van der Waals surface area contributed by atoms with Crippen molar-refractivity contribution in [2.45, 2.75) is 0 Å². The maximum atomic E-state index is 12.2. The summed E-state index contributed by atoms with van der Waals surface area (Å²) < 4.78 is 5.36. The molecule has 1 amide bonds. The Kier molecular flexibility index (Phi) is 4.21. The number of hydrogen-bond acceptors (Lipinski definition) is 4. The molecular formula is C17H11ClN2O3. The molecule has 0 spiro atoms. The van der Waals surface area contributed by atoms with Gasteiger partial charge in [-0.2, -0.15) is 5.10 Å². The van der Waals surface area contributed by atoms with E-state index in [1.165, 1.54) is 12.5 Å². The highest BCUT2D eigenvalue weighted by Crippen LogP contribution is 2.14. The number of carbonyl (C=O) groups excluding carboxylic acids is 1. The molecule has 0 saturated carbocycles. The average Bonchev–Trinajstić information content (AvgIpc) is 2.57. The summed E-state index contributed by atoms with van der Waals surface area (Å²) in [5.41, 5.74) is 3.15. The molecule has 0 saturated heterocycles. The number of carbonyl (C=O) groups is 1. The third-order valence-corrected chi connectivity index (χ3v) is 3.52. The van der Waals surface area contributed by atoms with Gasteiger partial charge in [-0.1, -0.05) is 35.9 Å². The molecule has 6 heteroatoms. The average molecular weight is 327 g/mol. The minimum atomic E-state index is -0.461. The van der Waals surface area contributed by atoms with E-state index in [9.17, 15) is 9.59 Å². The van der Waals surface area contributed by atoms with Crippen molar-refractivity contribution in [2.24, 2.45) is 5.10 Å². The van der Waals surface area contributed by atoms with Crippen molar-refractivity contribution in [3.63, 3.8) is 0 Å². The van der Waals surface area contributed by atoms with Crippen LogP contribution >= 0.6 is 11.6 Å². The van der Waals surface area contributed by atoms with E-state index in [-0.39, 0.29) is 11.0 Å². The van der Waals surface area contributed by atoms with E-state index in [2.05, 4.69) is 10.5 Å². The lowest BCUT2D eigenvalue weighted by molar-refractivity contribution is 0.0955. The second-order valence-corrected chi connectivity index (χ2v) is 5.10. The van der Waals surface area contributed by atoms with Crippen LogP contribution in [0.25, 0.3) is 11.0 Å². The first kappa shape index (κ1) is 15.0. The van der Waals surface area contributed by atoms with Crippen molar-refractivity contribution >= 4 is 34.7 Å². The molecule has 1 aromatic heterocycles. The van der Waals surface area contributed by atoms with Crippen LogP contribution in [0.5, 0.6) is 0 Å². The van der Waals surface area contributed by atoms with Crippen LogP contribution in [0.4, 0.5) is 0 Å². The van der Waals surface area contributed by atoms with Gasteiger partial charge in [0.15, 0.2) is 0 Å². The first-order valence-electron chi connectivity index (χ1n) is 6.75. The Bertz CT molecular complexity index is 963. The molecule has 1 heterocycles. The van der Waals surface area contributed by atoms with Gasteiger partial charge in [0.05, 0.1) is 27.8 Å². The third-order valence-electron chi connectivity index (χ3n) is 3.19. The predicted octanol–water partition coefficient (Wildman–Crippen LogP) is 3.21. The van der Waals surface area contributed by atoms with Crippen molar-refractivity contribution < 1.29 is 9.21 Å². The van der Waals surface area contributed by atoms with Crippen LogP contribution in [0.3, 0.4) is 0 Å². The fraction of sp³-hybridized carbons (Fsp3) is 0. The predicted molar refractivity (Wildman–Crippen MR) is 89.0 cm³/mol. The molecule has 0 aliphatic carbocycles. The Labute approximate surface area is 136 Å². The number of para-hydroxylation sites is 1. The summed E-state index contributed by atoms with van der Waals surface area (Å²) in [4.78, 5) is 24.2. The van der Waals surface area contributed by atoms with Crippen molar-refractivity contribution in [1.29, 1.82) is 0 Å². The first-order chi connectivity index (χ1) is 11.2. The lowest BCUT2D eigenvalue weighted by Gasteiger charge is -2.01. The summed E-state index contributed by atoms with van der Waals surface area (Å²) in [6.45, 7) is 0. The summed E-state index contributed by atoms with van der Waals surface area (Å²) in [7, 11) is 0. The zero-order valence-electron chi connectivity index (χ0n) is 11.8. The van der Waals surface area contributed by atoms with Gasteiger partial charge in [0.1, 0.15) is 11.8 Å². The molecule has 5 nitrogen and oxygen atoms in total. The van der Waals surface area contributed by atoms with Gasteiger partial charge in [0.25, 0.3) is 5.91 Å². The van der Waals surface area contributed by atoms with Gasteiger partial charge in [-0.25, -0.2) is 5.43 Å². The van der Waals surface area contributed by atoms with Crippen molar-refractivity contribution in [2.75, 3.05) is 0 Å². The molecule has 3 rings (SSSR count). The molecule has 2 aromatic carbocycles. The fourth-order valence-corrected chi connectivity index (χ4v) is 2.27. The zero-order valence-corrected chi connectivity index (χ0v) is 12.6. The monoisotopic (exact) mass is 326 g/mol. The van der Waals surface area contributed by atoms with E-state index < -0.39 is 5.91 Å². The molecule has 1 N–H and O–H groups in total. The van der Waals surface area contributed by atoms with Gasteiger partial charge >= 0.3 is 0 Å². The largest absolute Gasteiger partial charge is 0.463 e. The number of fused-ring (bicyclic) bond motifs is 1. The molecule has 0 bridgehead atoms. The van der Waals surface area contributed by atoms with Crippen LogP contribution < -0.4 is 10.9 Å². The zero-order chi connectivity index (χ0) is 16.2. The van der Waals surface area contributed by atoms with Gasteiger partial charge in [0.2, 0.25) is 5.43 Å². The second-order valence-electron chi connectivity index (χ2n) is 4.70. The Morgan fingerprint density at radius 2 is 1.87 bits per heavy atom. The van der Waals surface area contributed by atoms with Crippen molar-refractivity contribution in [1.82, 2.24) is 5.43 Å². The number of rotatable bonds is 3. The van der Waals surface area contributed by atoms with Crippen LogP contribution in [0.1, 0.15) is 15.9 Å². The molecule has 0 atom stereocenters. The number of benzene rings is 2. The summed E-state index contributed by atoms with van der Waals surface area (Å²) in [6.07, 6.45) is 2.54. The van der Waals surface area contributed by atoms with E-state index in [1.54, 1.807) is 48.5 Å². The summed E-state index contributed by atoms with van der Waals surface area (Å²) >= 11 is 5.93. The highest BCUT2D eigenvalue weighted by Gasteiger charge is 2.08. The lowest BCUT2D eigenvalue weighted by atomic mass is 10.2. The van der Waals surface area contributed by atoms with Crippen LogP contribution in [-0.2, 0) is 0 Å². The fourth-order valence-electron chi connectivity index (χ4n) is 2.05. The van der Waals surface area contributed by atoms with Crippen molar-refractivity contribution in [3.8, 4) is 0 Å². The van der Waals surface area contributed by atoms with E-state index in [1.807, 2.05) is 0 Å². The van der Waals surface area contributed by atoms with E-state index in [0.717, 1.165) is 0 Å². The Balaban J connectivity index is 1.81. The van der Waals surface area contributed by atoms with Crippen LogP contribution in [0.2, 0.25) is 5.02 Å². The number of amides is 1. The highest BCUT2D eigenvalue weighted by molar-refractivity contribution is 6.33. The summed E-state index contributed by atoms with van der Waals surface area (Å²) in [5, 5.41) is 4.56. The quantitative estimate of drug-likeness (QED) is 0.593. The van der Waals surface area contributed by atoms with Crippen LogP contribution in [-0.4, -0.2) is 12.1 Å². The van der Waals surface area contributed by atoms with Crippen LogP contribution in [0.15, 0.2) is 69.1 Å². The van der Waals surface area contributed by atoms with Gasteiger partial charge in [-0.05, 0) is 24.3 Å². The molecule has 0 aliphatic rings. The van der Waals surface area contributed by atoms with Gasteiger partial charge in [-0.3, -0.25) is 9.59 Å². The van der Waals surface area contributed by atoms with Gasteiger partial charge in [-0.15, -0.1) is 0 Å². The molecule has 0 aliphatic heterocycles. The molecule has 0 radical (unpaired) electrons. The van der Waals surface area contributed by atoms with E-state index in [4.69, 9.17) is 16.0 Å². The molecule has 3 aromatic rings. The maximum absolute atomic E-state index is 12.2. The lowest BCUT2D eigenvalue weighted by Crippen LogP contribution is -2.19. The molecular weight excluding hydrogens is 316 g/mol. The highest BCUT2D eigenvalue weighted by atomic mass is 35.5. The number of hydrazone groups is 1. The SMILES string of the molecule is O=C(N/N=C\c1coc2ccccc2c1=O)c1ccccc1Cl. The normalized spacial score (nSPS) is 11.0. The van der Waals surface area contributed by atoms with Crippen LogP contribution in [0, 0.1) is 0 Å². The number of nitrogens with one attached hydrogen (secondary N) is 1. The maximum Gasteiger partial charge on any atom is 0.272 e. The summed E-state index contributed by atoms with van der Waals surface area (Å²) in [6, 6.07) is 13.5. The van der Waals surface area contributed by atoms with Gasteiger partial charge in [0, 0.05) is 0 Å². The Morgan fingerprint density at radius 3 is 2.70 bits per heavy atom. The first-order valence-corrected chi connectivity index (χ1v) is 7.13. The molecule has 0 unspecified atom stereocenters. The Morgan fingerprint density at radius 1 is 1.13 bits per heavy atom. The standard InChI is InChI=1S/C17H11ClN2O3/c18-14-7-3-1-5-12(14)17(22)20-19-9-11-10-23-15-8-4-2-6-13(15)16(11)21/h1-10H,(H,20,22)/b19-9-. The van der Waals surface area contributed by atoms with Crippen molar-refractivity contribution in [3.05, 3.63) is 81.2 Å². The minimum Gasteiger partial charge on any atom is -0.463 e. The van der Waals surface area contributed by atoms with E-state index >= 15 is 0 Å². The third kappa shape index (κ3) is 3.14. The number of nitrogens with zero attached hydrogens (tertiary/aromatic N) is 1. The second kappa shape index (κ2) is 6.46. The topological polar surface area (TPSA) is 71.7 Å². The van der Waals surface area contributed by atoms with E-state index in [0.29, 0.717) is 21.6 Å². The minimum absolute atomic E-state index is 0.220. The molecule has 114 valence electrons. The van der Waals surface area contributed by atoms with Gasteiger partial charge < -0.3 is 4.42 Å². The molecule has 23 heavy (non-hydrogen) atoms. The number of hydrogen-bond donors (Lipinski definition) is 1.